The number of nitrogens with zero attached hydrogens (tertiary/aromatic N) is 1. The van der Waals surface area contributed by atoms with Crippen molar-refractivity contribution >= 4 is 33.2 Å². The highest BCUT2D eigenvalue weighted by Crippen LogP contribution is 2.34. The molecule has 6 heteroatoms. The number of benzene rings is 2. The van der Waals surface area contributed by atoms with Crippen LogP contribution in [0.1, 0.15) is 11.1 Å². The maximum absolute atomic E-state index is 11.0. The van der Waals surface area contributed by atoms with E-state index in [-0.39, 0.29) is 11.4 Å². The molecule has 0 aliphatic carbocycles. The van der Waals surface area contributed by atoms with Gasteiger partial charge < -0.3 is 4.74 Å². The first-order valence-corrected chi connectivity index (χ1v) is 7.28. The van der Waals surface area contributed by atoms with Gasteiger partial charge in [-0.2, -0.15) is 0 Å². The second kappa shape index (κ2) is 6.24. The largest absolute Gasteiger partial charge is 0.450 e. The lowest BCUT2D eigenvalue weighted by Gasteiger charge is -2.08. The van der Waals surface area contributed by atoms with Crippen molar-refractivity contribution in [2.45, 2.75) is 12.3 Å². The van der Waals surface area contributed by atoms with Crippen molar-refractivity contribution in [3.8, 4) is 11.5 Å². The van der Waals surface area contributed by atoms with E-state index in [0.29, 0.717) is 16.1 Å². The number of alkyl halides is 1. The van der Waals surface area contributed by atoms with Gasteiger partial charge >= 0.3 is 5.69 Å². The van der Waals surface area contributed by atoms with Crippen LogP contribution in [-0.4, -0.2) is 4.92 Å². The van der Waals surface area contributed by atoms with E-state index in [4.69, 9.17) is 16.3 Å². The van der Waals surface area contributed by atoms with Crippen molar-refractivity contribution in [2.75, 3.05) is 0 Å². The molecule has 20 heavy (non-hydrogen) atoms. The van der Waals surface area contributed by atoms with Crippen molar-refractivity contribution in [3.63, 3.8) is 0 Å². The molecular weight excluding hydrogens is 346 g/mol. The highest BCUT2D eigenvalue weighted by atomic mass is 79.9. The lowest BCUT2D eigenvalue weighted by atomic mass is 10.2. The minimum Gasteiger partial charge on any atom is -0.450 e. The van der Waals surface area contributed by atoms with Gasteiger partial charge in [-0.25, -0.2) is 0 Å². The monoisotopic (exact) mass is 355 g/mol. The topological polar surface area (TPSA) is 52.4 Å². The molecule has 2 aromatic rings. The molecule has 0 aliphatic rings. The summed E-state index contributed by atoms with van der Waals surface area (Å²) >= 11 is 9.41. The van der Waals surface area contributed by atoms with Crippen LogP contribution in [0.4, 0.5) is 5.69 Å². The van der Waals surface area contributed by atoms with Crippen LogP contribution < -0.4 is 4.74 Å². The number of halogens is 2. The third-order valence-electron chi connectivity index (χ3n) is 2.71. The Kier molecular flexibility index (Phi) is 4.62. The van der Waals surface area contributed by atoms with Gasteiger partial charge in [0.2, 0.25) is 5.75 Å². The number of nitro groups is 1. The zero-order valence-electron chi connectivity index (χ0n) is 10.6. The molecule has 0 atom stereocenters. The van der Waals surface area contributed by atoms with Gasteiger partial charge in [-0.1, -0.05) is 39.7 Å². The third kappa shape index (κ3) is 3.29. The zero-order chi connectivity index (χ0) is 14.7. The molecule has 0 aromatic heterocycles. The number of hydrogen-bond donors (Lipinski definition) is 0. The van der Waals surface area contributed by atoms with Crippen LogP contribution in [0, 0.1) is 17.0 Å². The Labute approximate surface area is 129 Å². The number of ether oxygens (including phenoxy) is 1. The van der Waals surface area contributed by atoms with E-state index in [0.717, 1.165) is 11.1 Å². The van der Waals surface area contributed by atoms with Crippen LogP contribution in [0.5, 0.6) is 11.5 Å². The van der Waals surface area contributed by atoms with Gasteiger partial charge in [-0.3, -0.25) is 10.1 Å². The Hall–Kier alpha value is -1.59. The summed E-state index contributed by atoms with van der Waals surface area (Å²) < 4.78 is 5.59. The van der Waals surface area contributed by atoms with E-state index in [2.05, 4.69) is 15.9 Å². The van der Waals surface area contributed by atoms with Crippen LogP contribution in [0.25, 0.3) is 0 Å². The van der Waals surface area contributed by atoms with Gasteiger partial charge in [0.15, 0.2) is 0 Å². The summed E-state index contributed by atoms with van der Waals surface area (Å²) in [7, 11) is 0. The first kappa shape index (κ1) is 14.8. The molecule has 0 bridgehead atoms. The molecule has 0 N–H and O–H groups in total. The predicted molar refractivity (Wildman–Crippen MR) is 82.0 cm³/mol. The van der Waals surface area contributed by atoms with Crippen LogP contribution in [0.3, 0.4) is 0 Å². The van der Waals surface area contributed by atoms with E-state index in [1.807, 2.05) is 13.0 Å². The first-order valence-electron chi connectivity index (χ1n) is 5.78. The molecule has 0 aliphatic heterocycles. The fraction of sp³-hybridized carbons (Fsp3) is 0.143. The minimum atomic E-state index is -0.469. The van der Waals surface area contributed by atoms with Crippen molar-refractivity contribution in [1.82, 2.24) is 0 Å². The molecule has 2 rings (SSSR count). The molecule has 0 heterocycles. The van der Waals surface area contributed by atoms with Crippen LogP contribution in [0.15, 0.2) is 36.4 Å². The second-order valence-corrected chi connectivity index (χ2v) is 5.19. The van der Waals surface area contributed by atoms with Crippen LogP contribution in [-0.2, 0) is 5.33 Å². The maximum atomic E-state index is 11.0. The van der Waals surface area contributed by atoms with Gasteiger partial charge in [0.05, 0.1) is 4.92 Å². The quantitative estimate of drug-likeness (QED) is 0.427. The molecule has 104 valence electrons. The van der Waals surface area contributed by atoms with Crippen LogP contribution in [0.2, 0.25) is 5.02 Å². The van der Waals surface area contributed by atoms with Gasteiger partial charge in [0.25, 0.3) is 0 Å². The van der Waals surface area contributed by atoms with Crippen LogP contribution >= 0.6 is 27.5 Å². The Morgan fingerprint density at radius 3 is 2.65 bits per heavy atom. The maximum Gasteiger partial charge on any atom is 0.311 e. The first-order chi connectivity index (χ1) is 9.51. The van der Waals surface area contributed by atoms with E-state index >= 15 is 0 Å². The predicted octanol–water partition coefficient (Wildman–Crippen LogP) is 5.24. The Morgan fingerprint density at radius 2 is 2.05 bits per heavy atom. The second-order valence-electron chi connectivity index (χ2n) is 4.22. The standard InChI is InChI=1S/C14H11BrClNO3/c1-9-2-5-13(17(18)19)14(6-9)20-11-4-3-10(8-15)12(16)7-11/h2-7H,8H2,1H3. The molecule has 0 radical (unpaired) electrons. The van der Waals surface area contributed by atoms with E-state index < -0.39 is 4.92 Å². The minimum absolute atomic E-state index is 0.0729. The SMILES string of the molecule is Cc1ccc([N+](=O)[O-])c(Oc2ccc(CBr)c(Cl)c2)c1. The van der Waals surface area contributed by atoms with Gasteiger partial charge in [0.1, 0.15) is 5.75 Å². The summed E-state index contributed by atoms with van der Waals surface area (Å²) in [6, 6.07) is 9.92. The number of aryl methyl sites for hydroxylation is 1. The Bertz CT molecular complexity index is 661. The van der Waals surface area contributed by atoms with Crippen molar-refractivity contribution in [1.29, 1.82) is 0 Å². The molecule has 0 saturated heterocycles. The molecule has 0 spiro atoms. The van der Waals surface area contributed by atoms with Gasteiger partial charge in [-0.05, 0) is 36.2 Å². The van der Waals surface area contributed by atoms with Gasteiger partial charge in [0, 0.05) is 16.4 Å². The summed E-state index contributed by atoms with van der Waals surface area (Å²) in [5.41, 5.74) is 1.74. The average molecular weight is 357 g/mol. The molecular formula is C14H11BrClNO3. The lowest BCUT2D eigenvalue weighted by molar-refractivity contribution is -0.385. The fourth-order valence-electron chi connectivity index (χ4n) is 1.68. The Morgan fingerprint density at radius 1 is 1.30 bits per heavy atom. The van der Waals surface area contributed by atoms with Crippen molar-refractivity contribution in [3.05, 3.63) is 62.7 Å². The number of hydrogen-bond acceptors (Lipinski definition) is 3. The molecule has 0 fully saturated rings. The molecule has 2 aromatic carbocycles. The summed E-state index contributed by atoms with van der Waals surface area (Å²) in [5.74, 6) is 0.672. The summed E-state index contributed by atoms with van der Waals surface area (Å²) in [6.45, 7) is 1.84. The van der Waals surface area contributed by atoms with E-state index in [1.54, 1.807) is 24.3 Å². The van der Waals surface area contributed by atoms with Gasteiger partial charge in [-0.15, -0.1) is 0 Å². The van der Waals surface area contributed by atoms with E-state index in [1.165, 1.54) is 6.07 Å². The normalized spacial score (nSPS) is 10.3. The molecule has 4 nitrogen and oxygen atoms in total. The number of nitro benzene ring substituents is 1. The average Bonchev–Trinajstić information content (AvgIpc) is 2.38. The van der Waals surface area contributed by atoms with Crippen molar-refractivity contribution < 1.29 is 9.66 Å². The highest BCUT2D eigenvalue weighted by molar-refractivity contribution is 9.08. The Balaban J connectivity index is 2.36. The van der Waals surface area contributed by atoms with E-state index in [9.17, 15) is 10.1 Å². The summed E-state index contributed by atoms with van der Waals surface area (Å²) in [5, 5.41) is 12.2. The summed E-state index contributed by atoms with van der Waals surface area (Å²) in [6.07, 6.45) is 0. The lowest BCUT2D eigenvalue weighted by Crippen LogP contribution is -1.94. The zero-order valence-corrected chi connectivity index (χ0v) is 12.9. The number of rotatable bonds is 4. The highest BCUT2D eigenvalue weighted by Gasteiger charge is 2.16. The molecule has 0 saturated carbocycles. The third-order valence-corrected chi connectivity index (χ3v) is 3.66. The van der Waals surface area contributed by atoms with Crippen molar-refractivity contribution in [2.24, 2.45) is 0 Å². The smallest absolute Gasteiger partial charge is 0.311 e. The fourth-order valence-corrected chi connectivity index (χ4v) is 2.57. The molecule has 0 amide bonds. The molecule has 0 unspecified atom stereocenters. The summed E-state index contributed by atoms with van der Waals surface area (Å²) in [4.78, 5) is 10.5.